The summed E-state index contributed by atoms with van der Waals surface area (Å²) in [4.78, 5) is 19.0. The van der Waals surface area contributed by atoms with Crippen molar-refractivity contribution in [3.8, 4) is 5.75 Å². The van der Waals surface area contributed by atoms with Gasteiger partial charge in [-0.2, -0.15) is 0 Å². The first-order valence-corrected chi connectivity index (χ1v) is 10.9. The van der Waals surface area contributed by atoms with Gasteiger partial charge in [-0.15, -0.1) is 0 Å². The van der Waals surface area contributed by atoms with Gasteiger partial charge in [0, 0.05) is 30.6 Å². The summed E-state index contributed by atoms with van der Waals surface area (Å²) in [7, 11) is 0. The highest BCUT2D eigenvalue weighted by molar-refractivity contribution is 5.84. The Bertz CT molecular complexity index is 982. The summed E-state index contributed by atoms with van der Waals surface area (Å²) in [5, 5.41) is 14.4. The standard InChI is InChI=1S/C25H29N3O3/c29-21(18-31-24-10-4-9-23-22(24)8-5-13-26-23)17-28-14-11-20(12-15-28)25(30)27-16-19-6-2-1-3-7-19/h1-10,13,20-21,29H,11-12,14-18H2,(H,27,30)/t21-/m1/s1. The Hall–Kier alpha value is -2.96. The summed E-state index contributed by atoms with van der Waals surface area (Å²) in [6, 6.07) is 19.6. The lowest BCUT2D eigenvalue weighted by molar-refractivity contribution is -0.126. The van der Waals surface area contributed by atoms with Gasteiger partial charge in [-0.25, -0.2) is 0 Å². The number of likely N-dealkylation sites (tertiary alicyclic amines) is 1. The maximum atomic E-state index is 12.5. The van der Waals surface area contributed by atoms with Crippen LogP contribution in [0.5, 0.6) is 5.75 Å². The Morgan fingerprint density at radius 3 is 2.71 bits per heavy atom. The molecule has 0 spiro atoms. The van der Waals surface area contributed by atoms with Crippen LogP contribution in [-0.2, 0) is 11.3 Å². The molecule has 1 aliphatic heterocycles. The van der Waals surface area contributed by atoms with E-state index in [0.717, 1.165) is 48.1 Å². The second-order valence-electron chi connectivity index (χ2n) is 8.07. The maximum absolute atomic E-state index is 12.5. The number of carbonyl (C=O) groups excluding carboxylic acids is 1. The monoisotopic (exact) mass is 419 g/mol. The van der Waals surface area contributed by atoms with Crippen molar-refractivity contribution in [2.75, 3.05) is 26.2 Å². The van der Waals surface area contributed by atoms with Gasteiger partial charge in [0.05, 0.1) is 5.52 Å². The Morgan fingerprint density at radius 1 is 1.10 bits per heavy atom. The summed E-state index contributed by atoms with van der Waals surface area (Å²) in [5.74, 6) is 0.895. The number of amides is 1. The highest BCUT2D eigenvalue weighted by atomic mass is 16.5. The first kappa shape index (κ1) is 21.3. The Morgan fingerprint density at radius 2 is 1.90 bits per heavy atom. The summed E-state index contributed by atoms with van der Waals surface area (Å²) in [6.07, 6.45) is 2.79. The highest BCUT2D eigenvalue weighted by Crippen LogP contribution is 2.24. The van der Waals surface area contributed by atoms with Crippen LogP contribution in [0.2, 0.25) is 0 Å². The minimum absolute atomic E-state index is 0.0385. The van der Waals surface area contributed by atoms with Crippen LogP contribution in [0.25, 0.3) is 10.9 Å². The largest absolute Gasteiger partial charge is 0.490 e. The zero-order valence-electron chi connectivity index (χ0n) is 17.6. The van der Waals surface area contributed by atoms with Gasteiger partial charge in [0.15, 0.2) is 0 Å². The Balaban J connectivity index is 1.19. The third kappa shape index (κ3) is 5.81. The van der Waals surface area contributed by atoms with E-state index in [2.05, 4.69) is 15.2 Å². The van der Waals surface area contributed by atoms with E-state index in [0.29, 0.717) is 13.1 Å². The Labute approximate surface area is 182 Å². The number of hydrogen-bond donors (Lipinski definition) is 2. The lowest BCUT2D eigenvalue weighted by Crippen LogP contribution is -2.44. The molecule has 1 atom stereocenters. The van der Waals surface area contributed by atoms with Crippen LogP contribution >= 0.6 is 0 Å². The average Bonchev–Trinajstić information content (AvgIpc) is 2.82. The van der Waals surface area contributed by atoms with Crippen molar-refractivity contribution >= 4 is 16.8 Å². The van der Waals surface area contributed by atoms with Gasteiger partial charge in [0.2, 0.25) is 5.91 Å². The fourth-order valence-corrected chi connectivity index (χ4v) is 4.04. The molecule has 6 heteroatoms. The van der Waals surface area contributed by atoms with E-state index in [-0.39, 0.29) is 18.4 Å². The number of piperidine rings is 1. The number of aliphatic hydroxyl groups is 1. The number of hydrogen-bond acceptors (Lipinski definition) is 5. The second-order valence-corrected chi connectivity index (χ2v) is 8.07. The molecule has 2 N–H and O–H groups in total. The summed E-state index contributed by atoms with van der Waals surface area (Å²) < 4.78 is 5.88. The van der Waals surface area contributed by atoms with Gasteiger partial charge >= 0.3 is 0 Å². The van der Waals surface area contributed by atoms with Gasteiger partial charge in [-0.05, 0) is 55.8 Å². The van der Waals surface area contributed by atoms with E-state index >= 15 is 0 Å². The van der Waals surface area contributed by atoms with Crippen LogP contribution in [0.15, 0.2) is 66.9 Å². The molecule has 31 heavy (non-hydrogen) atoms. The van der Waals surface area contributed by atoms with Crippen LogP contribution in [0.1, 0.15) is 18.4 Å². The molecule has 0 aliphatic carbocycles. The number of rotatable bonds is 8. The van der Waals surface area contributed by atoms with Gasteiger partial charge < -0.3 is 20.1 Å². The quantitative estimate of drug-likeness (QED) is 0.587. The number of ether oxygens (including phenoxy) is 1. The van der Waals surface area contributed by atoms with Crippen LogP contribution < -0.4 is 10.1 Å². The number of fused-ring (bicyclic) bond motifs is 1. The molecular formula is C25H29N3O3. The van der Waals surface area contributed by atoms with Crippen molar-refractivity contribution < 1.29 is 14.6 Å². The number of aliphatic hydroxyl groups excluding tert-OH is 1. The molecule has 3 aromatic rings. The third-order valence-corrected chi connectivity index (χ3v) is 5.77. The number of nitrogens with zero attached hydrogens (tertiary/aromatic N) is 2. The topological polar surface area (TPSA) is 74.7 Å². The molecule has 2 heterocycles. The summed E-state index contributed by atoms with van der Waals surface area (Å²) >= 11 is 0. The van der Waals surface area contributed by atoms with E-state index in [1.54, 1.807) is 6.20 Å². The van der Waals surface area contributed by atoms with Crippen molar-refractivity contribution in [2.45, 2.75) is 25.5 Å². The van der Waals surface area contributed by atoms with Gasteiger partial charge in [0.25, 0.3) is 0 Å². The van der Waals surface area contributed by atoms with Crippen LogP contribution in [0, 0.1) is 5.92 Å². The minimum atomic E-state index is -0.588. The maximum Gasteiger partial charge on any atom is 0.223 e. The molecule has 0 saturated carbocycles. The summed E-state index contributed by atoms with van der Waals surface area (Å²) in [5.41, 5.74) is 1.99. The number of benzene rings is 2. The zero-order chi connectivity index (χ0) is 21.5. The lowest BCUT2D eigenvalue weighted by Gasteiger charge is -2.32. The molecule has 1 aliphatic rings. The van der Waals surface area contributed by atoms with Gasteiger partial charge in [-0.1, -0.05) is 36.4 Å². The van der Waals surface area contributed by atoms with Gasteiger partial charge in [-0.3, -0.25) is 9.78 Å². The average molecular weight is 420 g/mol. The molecule has 1 amide bonds. The smallest absolute Gasteiger partial charge is 0.223 e. The Kier molecular flexibility index (Phi) is 7.12. The van der Waals surface area contributed by atoms with E-state index in [1.807, 2.05) is 60.7 Å². The lowest BCUT2D eigenvalue weighted by atomic mass is 9.95. The molecule has 0 unspecified atom stereocenters. The van der Waals surface area contributed by atoms with Crippen molar-refractivity contribution in [3.05, 3.63) is 72.4 Å². The molecule has 0 radical (unpaired) electrons. The first-order chi connectivity index (χ1) is 15.2. The molecule has 4 rings (SSSR count). The number of pyridine rings is 1. The molecule has 1 saturated heterocycles. The van der Waals surface area contributed by atoms with Crippen molar-refractivity contribution in [3.63, 3.8) is 0 Å². The van der Waals surface area contributed by atoms with Crippen molar-refractivity contribution in [1.82, 2.24) is 15.2 Å². The minimum Gasteiger partial charge on any atom is -0.490 e. The second kappa shape index (κ2) is 10.4. The molecule has 1 aromatic heterocycles. The van der Waals surface area contributed by atoms with Crippen molar-refractivity contribution in [1.29, 1.82) is 0 Å². The predicted molar refractivity (Wildman–Crippen MR) is 121 cm³/mol. The van der Waals surface area contributed by atoms with E-state index in [9.17, 15) is 9.90 Å². The molecule has 2 aromatic carbocycles. The zero-order valence-corrected chi connectivity index (χ0v) is 17.6. The van der Waals surface area contributed by atoms with E-state index in [4.69, 9.17) is 4.74 Å². The fourth-order valence-electron chi connectivity index (χ4n) is 4.04. The third-order valence-electron chi connectivity index (χ3n) is 5.77. The SMILES string of the molecule is O=C(NCc1ccccc1)C1CCN(C[C@@H](O)COc2cccc3ncccc23)CC1. The first-order valence-electron chi connectivity index (χ1n) is 10.9. The fraction of sp³-hybridized carbons (Fsp3) is 0.360. The van der Waals surface area contributed by atoms with E-state index in [1.165, 1.54) is 0 Å². The summed E-state index contributed by atoms with van der Waals surface area (Å²) in [6.45, 7) is 2.95. The number of aromatic nitrogens is 1. The van der Waals surface area contributed by atoms with E-state index < -0.39 is 6.10 Å². The predicted octanol–water partition coefficient (Wildman–Crippen LogP) is 3.00. The number of β-amino-alcohol motifs (C(OH)–C–C–N with tert-alkyl or cyclic N) is 1. The molecule has 162 valence electrons. The molecule has 0 bridgehead atoms. The molecular weight excluding hydrogens is 390 g/mol. The molecule has 1 fully saturated rings. The normalized spacial score (nSPS) is 16.2. The van der Waals surface area contributed by atoms with Crippen LogP contribution in [0.3, 0.4) is 0 Å². The van der Waals surface area contributed by atoms with Crippen molar-refractivity contribution in [2.24, 2.45) is 5.92 Å². The number of carbonyl (C=O) groups is 1. The molecule has 6 nitrogen and oxygen atoms in total. The number of nitrogens with one attached hydrogen (secondary N) is 1. The highest BCUT2D eigenvalue weighted by Gasteiger charge is 2.26. The van der Waals surface area contributed by atoms with Crippen LogP contribution in [-0.4, -0.2) is 53.2 Å². The van der Waals surface area contributed by atoms with Gasteiger partial charge in [0.1, 0.15) is 18.5 Å². The van der Waals surface area contributed by atoms with Crippen LogP contribution in [0.4, 0.5) is 0 Å².